The van der Waals surface area contributed by atoms with E-state index < -0.39 is 11.6 Å². The fourth-order valence-electron chi connectivity index (χ4n) is 5.03. The van der Waals surface area contributed by atoms with Crippen LogP contribution < -0.4 is 10.6 Å². The Morgan fingerprint density at radius 1 is 1.06 bits per heavy atom. The van der Waals surface area contributed by atoms with Crippen LogP contribution in [-0.4, -0.2) is 60.7 Å². The van der Waals surface area contributed by atoms with Crippen LogP contribution in [0.3, 0.4) is 0 Å². The highest BCUT2D eigenvalue weighted by molar-refractivity contribution is 5.67. The van der Waals surface area contributed by atoms with Crippen molar-refractivity contribution in [2.24, 2.45) is 5.92 Å². The Labute approximate surface area is 200 Å². The molecular weight excluding hydrogens is 438 g/mol. The quantitative estimate of drug-likeness (QED) is 0.650. The third-order valence-electron chi connectivity index (χ3n) is 6.99. The summed E-state index contributed by atoms with van der Waals surface area (Å²) in [5.74, 6) is -0.768. The first-order valence-corrected chi connectivity index (χ1v) is 11.9. The van der Waals surface area contributed by atoms with Crippen molar-refractivity contribution in [2.75, 3.05) is 49.9 Å². The highest BCUT2D eigenvalue weighted by atomic mass is 19.1. The zero-order valence-corrected chi connectivity index (χ0v) is 20.0. The number of hydrogen-bond acceptors (Lipinski definition) is 5. The summed E-state index contributed by atoms with van der Waals surface area (Å²) in [5.41, 5.74) is 6.40. The molecule has 2 heterocycles. The lowest BCUT2D eigenvalue weighted by Gasteiger charge is -2.49. The lowest BCUT2D eigenvalue weighted by molar-refractivity contribution is 0.0537. The average Bonchev–Trinajstić information content (AvgIpc) is 2.79. The van der Waals surface area contributed by atoms with Crippen LogP contribution in [0.2, 0.25) is 0 Å². The second-order valence-corrected chi connectivity index (χ2v) is 9.98. The second-order valence-electron chi connectivity index (χ2n) is 9.98. The molecule has 0 atom stereocenters. The molecule has 0 aromatic heterocycles. The van der Waals surface area contributed by atoms with E-state index in [0.717, 1.165) is 31.5 Å². The predicted octanol–water partition coefficient (Wildman–Crippen LogP) is 4.50. The van der Waals surface area contributed by atoms with Gasteiger partial charge in [0.15, 0.2) is 11.6 Å². The van der Waals surface area contributed by atoms with E-state index >= 15 is 0 Å². The van der Waals surface area contributed by atoms with Crippen molar-refractivity contribution < 1.29 is 18.3 Å². The number of nitrogen functional groups attached to an aromatic ring is 1. The molecule has 0 aliphatic carbocycles. The average molecular weight is 473 g/mol. The van der Waals surface area contributed by atoms with Crippen LogP contribution in [0, 0.1) is 17.6 Å². The number of nitrogens with two attached hydrogens (primary N) is 1. The lowest BCUT2D eigenvalue weighted by Crippen LogP contribution is -2.61. The van der Waals surface area contributed by atoms with Gasteiger partial charge in [-0.1, -0.05) is 30.3 Å². The monoisotopic (exact) mass is 472 g/mol. The number of piperazine rings is 1. The van der Waals surface area contributed by atoms with Gasteiger partial charge in [-0.15, -0.1) is 0 Å². The normalized spacial score (nSPS) is 19.3. The van der Waals surface area contributed by atoms with Crippen molar-refractivity contribution in [1.29, 1.82) is 0 Å². The first-order valence-electron chi connectivity index (χ1n) is 11.9. The maximum Gasteiger partial charge on any atom is 0.410 e. The summed E-state index contributed by atoms with van der Waals surface area (Å²) in [4.78, 5) is 18.4. The Morgan fingerprint density at radius 2 is 1.71 bits per heavy atom. The number of benzene rings is 2. The number of amides is 1. The van der Waals surface area contributed by atoms with Crippen LogP contribution in [0.5, 0.6) is 0 Å². The standard InChI is InChI=1S/C26H34F2N4O2/c1-26(2)18-31(24-22(27)14-21(29)15-23(24)28)12-13-32(26)16-19-8-10-30(11-9-19)25(33)34-17-20-6-4-3-5-7-20/h3-7,14-15,19H,8-13,16-18,29H2,1-2H3. The molecular formula is C26H34F2N4O2. The molecule has 8 heteroatoms. The topological polar surface area (TPSA) is 62.0 Å². The number of carbonyl (C=O) groups excluding carboxylic acids is 1. The summed E-state index contributed by atoms with van der Waals surface area (Å²) in [6, 6.07) is 12.0. The number of piperidine rings is 1. The zero-order chi connectivity index (χ0) is 24.3. The SMILES string of the molecule is CC1(C)CN(c2c(F)cc(N)cc2F)CCN1CC1CCN(C(=O)OCc2ccccc2)CC1. The molecule has 0 saturated carbocycles. The number of rotatable bonds is 5. The molecule has 2 aromatic rings. The largest absolute Gasteiger partial charge is 0.445 e. The van der Waals surface area contributed by atoms with Crippen LogP contribution in [0.4, 0.5) is 25.0 Å². The van der Waals surface area contributed by atoms with Crippen molar-refractivity contribution in [3.8, 4) is 0 Å². The maximum atomic E-state index is 14.5. The molecule has 184 valence electrons. The molecule has 2 aromatic carbocycles. The Morgan fingerprint density at radius 3 is 2.32 bits per heavy atom. The molecule has 0 bridgehead atoms. The maximum absolute atomic E-state index is 14.5. The molecule has 2 aliphatic heterocycles. The molecule has 4 rings (SSSR count). The van der Waals surface area contributed by atoms with E-state index in [1.54, 1.807) is 9.80 Å². The number of likely N-dealkylation sites (tertiary alicyclic amines) is 1. The van der Waals surface area contributed by atoms with E-state index in [0.29, 0.717) is 32.1 Å². The number of ether oxygens (including phenoxy) is 1. The van der Waals surface area contributed by atoms with Gasteiger partial charge in [0, 0.05) is 50.5 Å². The molecule has 0 spiro atoms. The Kier molecular flexibility index (Phi) is 7.26. The summed E-state index contributed by atoms with van der Waals surface area (Å²) in [5, 5.41) is 0. The first kappa shape index (κ1) is 24.3. The number of carbonyl (C=O) groups is 1. The molecule has 2 fully saturated rings. The number of halogens is 2. The molecule has 0 radical (unpaired) electrons. The van der Waals surface area contributed by atoms with Crippen LogP contribution in [0.25, 0.3) is 0 Å². The van der Waals surface area contributed by atoms with E-state index in [9.17, 15) is 13.6 Å². The minimum Gasteiger partial charge on any atom is -0.445 e. The van der Waals surface area contributed by atoms with Gasteiger partial charge in [-0.05, 0) is 50.3 Å². The molecule has 1 amide bonds. The number of hydrogen-bond donors (Lipinski definition) is 1. The van der Waals surface area contributed by atoms with E-state index in [-0.39, 0.29) is 29.6 Å². The molecule has 2 saturated heterocycles. The lowest BCUT2D eigenvalue weighted by atomic mass is 9.91. The van der Waals surface area contributed by atoms with Gasteiger partial charge in [0.05, 0.1) is 0 Å². The van der Waals surface area contributed by atoms with Gasteiger partial charge in [0.25, 0.3) is 0 Å². The highest BCUT2D eigenvalue weighted by Crippen LogP contribution is 2.32. The van der Waals surface area contributed by atoms with E-state index in [1.807, 2.05) is 30.3 Å². The van der Waals surface area contributed by atoms with Crippen molar-refractivity contribution >= 4 is 17.5 Å². The van der Waals surface area contributed by atoms with Gasteiger partial charge >= 0.3 is 6.09 Å². The summed E-state index contributed by atoms with van der Waals surface area (Å²) >= 11 is 0. The van der Waals surface area contributed by atoms with Crippen LogP contribution >= 0.6 is 0 Å². The van der Waals surface area contributed by atoms with Gasteiger partial charge in [-0.2, -0.15) is 0 Å². The summed E-state index contributed by atoms with van der Waals surface area (Å²) in [6.07, 6.45) is 1.57. The minimum atomic E-state index is -0.617. The fourth-order valence-corrected chi connectivity index (χ4v) is 5.03. The zero-order valence-electron chi connectivity index (χ0n) is 20.0. The summed E-state index contributed by atoms with van der Waals surface area (Å²) in [6.45, 7) is 8.57. The van der Waals surface area contributed by atoms with Crippen molar-refractivity contribution in [3.05, 3.63) is 59.7 Å². The van der Waals surface area contributed by atoms with Crippen molar-refractivity contribution in [2.45, 2.75) is 38.8 Å². The Hall–Kier alpha value is -2.87. The van der Waals surface area contributed by atoms with Crippen LogP contribution in [-0.2, 0) is 11.3 Å². The van der Waals surface area contributed by atoms with E-state index in [4.69, 9.17) is 10.5 Å². The van der Waals surface area contributed by atoms with Crippen LogP contribution in [0.15, 0.2) is 42.5 Å². The molecule has 0 unspecified atom stereocenters. The molecule has 6 nitrogen and oxygen atoms in total. The number of anilines is 2. The highest BCUT2D eigenvalue weighted by Gasteiger charge is 2.37. The van der Waals surface area contributed by atoms with Gasteiger partial charge in [0.2, 0.25) is 0 Å². The predicted molar refractivity (Wildman–Crippen MR) is 130 cm³/mol. The van der Waals surface area contributed by atoms with Gasteiger partial charge in [0.1, 0.15) is 12.3 Å². The Balaban J connectivity index is 1.27. The fraction of sp³-hybridized carbons (Fsp3) is 0.500. The third-order valence-corrected chi connectivity index (χ3v) is 6.99. The summed E-state index contributed by atoms with van der Waals surface area (Å²) in [7, 11) is 0. The first-order chi connectivity index (χ1) is 16.2. The summed E-state index contributed by atoms with van der Waals surface area (Å²) < 4.78 is 34.4. The third kappa shape index (κ3) is 5.60. The van der Waals surface area contributed by atoms with Crippen molar-refractivity contribution in [3.63, 3.8) is 0 Å². The second kappa shape index (κ2) is 10.2. The number of nitrogens with zero attached hydrogens (tertiary/aromatic N) is 3. The molecule has 34 heavy (non-hydrogen) atoms. The molecule has 2 N–H and O–H groups in total. The van der Waals surface area contributed by atoms with Crippen molar-refractivity contribution in [1.82, 2.24) is 9.80 Å². The van der Waals surface area contributed by atoms with Gasteiger partial charge in [-0.3, -0.25) is 4.90 Å². The van der Waals surface area contributed by atoms with E-state index in [2.05, 4.69) is 18.7 Å². The molecule has 2 aliphatic rings. The van der Waals surface area contributed by atoms with Crippen LogP contribution in [0.1, 0.15) is 32.3 Å². The Bertz CT molecular complexity index is 971. The van der Waals surface area contributed by atoms with Gasteiger partial charge in [-0.25, -0.2) is 13.6 Å². The smallest absolute Gasteiger partial charge is 0.410 e. The van der Waals surface area contributed by atoms with Gasteiger partial charge < -0.3 is 20.3 Å². The minimum absolute atomic E-state index is 0.00393. The van der Waals surface area contributed by atoms with E-state index in [1.165, 1.54) is 12.1 Å².